The van der Waals surface area contributed by atoms with Gasteiger partial charge in [0, 0.05) is 61.0 Å². The summed E-state index contributed by atoms with van der Waals surface area (Å²) >= 11 is 0. The fourth-order valence-corrected chi connectivity index (χ4v) is 6.25. The molecule has 0 saturated heterocycles. The van der Waals surface area contributed by atoms with Crippen LogP contribution in [0, 0.1) is 11.3 Å². The van der Waals surface area contributed by atoms with E-state index < -0.39 is 0 Å². The third kappa shape index (κ3) is 6.58. The molecule has 47 heavy (non-hydrogen) atoms. The highest BCUT2D eigenvalue weighted by Gasteiger charge is 2.31. The minimum Gasteiger partial charge on any atom is -0.351 e. The summed E-state index contributed by atoms with van der Waals surface area (Å²) in [5.74, 6) is 1.10. The number of nitrogens with zero attached hydrogens (tertiary/aromatic N) is 8. The van der Waals surface area contributed by atoms with Crippen LogP contribution in [0.3, 0.4) is 0 Å². The number of benzene rings is 2. The number of carbonyl (C=O) groups is 1. The van der Waals surface area contributed by atoms with E-state index in [1.54, 1.807) is 28.2 Å². The van der Waals surface area contributed by atoms with Gasteiger partial charge in [-0.2, -0.15) is 10.4 Å². The highest BCUT2D eigenvalue weighted by atomic mass is 16.2. The van der Waals surface area contributed by atoms with E-state index in [9.17, 15) is 10.1 Å². The van der Waals surface area contributed by atoms with Gasteiger partial charge in [0.25, 0.3) is 0 Å². The van der Waals surface area contributed by atoms with Crippen LogP contribution in [-0.4, -0.2) is 49.1 Å². The Labute approximate surface area is 273 Å². The summed E-state index contributed by atoms with van der Waals surface area (Å²) in [5.41, 5.74) is 7.04. The third-order valence-corrected chi connectivity index (χ3v) is 8.75. The van der Waals surface area contributed by atoms with Crippen molar-refractivity contribution in [2.24, 2.45) is 12.0 Å². The molecule has 0 unspecified atom stereocenters. The van der Waals surface area contributed by atoms with Gasteiger partial charge in [-0.15, -0.1) is 0 Å². The van der Waals surface area contributed by atoms with Crippen molar-refractivity contribution in [1.82, 2.24) is 30.0 Å². The molecule has 1 aliphatic heterocycles. The quantitative estimate of drug-likeness (QED) is 0.220. The van der Waals surface area contributed by atoms with Gasteiger partial charge >= 0.3 is 6.03 Å². The highest BCUT2D eigenvalue weighted by molar-refractivity contribution is 5.92. The van der Waals surface area contributed by atoms with E-state index >= 15 is 0 Å². The van der Waals surface area contributed by atoms with Gasteiger partial charge in [0.1, 0.15) is 11.9 Å². The van der Waals surface area contributed by atoms with Crippen LogP contribution in [0.2, 0.25) is 0 Å². The Morgan fingerprint density at radius 3 is 2.55 bits per heavy atom. The van der Waals surface area contributed by atoms with Crippen LogP contribution >= 0.6 is 0 Å². The maximum Gasteiger partial charge on any atom is 0.323 e. The highest BCUT2D eigenvalue weighted by Crippen LogP contribution is 2.31. The summed E-state index contributed by atoms with van der Waals surface area (Å²) < 4.78 is 1.76. The van der Waals surface area contributed by atoms with E-state index in [2.05, 4.69) is 31.8 Å². The number of urea groups is 1. The van der Waals surface area contributed by atoms with Gasteiger partial charge in [-0.25, -0.2) is 19.7 Å². The van der Waals surface area contributed by atoms with Gasteiger partial charge < -0.3 is 10.6 Å². The molecule has 11 heteroatoms. The number of rotatable bonds is 8. The largest absolute Gasteiger partial charge is 0.351 e. The smallest absolute Gasteiger partial charge is 0.323 e. The number of hydrogen-bond acceptors (Lipinski definition) is 8. The molecule has 0 atom stereocenters. The topological polar surface area (TPSA) is 137 Å². The van der Waals surface area contributed by atoms with Crippen LogP contribution in [0.25, 0.3) is 22.4 Å². The number of fused-ring (bicyclic) bond motifs is 1. The lowest BCUT2D eigenvalue weighted by atomic mass is 9.90. The van der Waals surface area contributed by atoms with Crippen LogP contribution in [0.1, 0.15) is 47.9 Å². The first-order valence-electron chi connectivity index (χ1n) is 15.8. The van der Waals surface area contributed by atoms with Gasteiger partial charge in [-0.1, -0.05) is 42.5 Å². The summed E-state index contributed by atoms with van der Waals surface area (Å²) in [6.07, 6.45) is 12.2. The number of pyridine rings is 1. The van der Waals surface area contributed by atoms with E-state index in [0.29, 0.717) is 36.1 Å². The molecule has 3 aromatic heterocycles. The molecular formula is C36H34N10O. The summed E-state index contributed by atoms with van der Waals surface area (Å²) in [4.78, 5) is 33.9. The fraction of sp³-hybridized carbons (Fsp3) is 0.250. The number of anilines is 2. The lowest BCUT2D eigenvalue weighted by Gasteiger charge is -2.36. The van der Waals surface area contributed by atoms with Gasteiger partial charge in [-0.05, 0) is 60.6 Å². The van der Waals surface area contributed by atoms with Crippen molar-refractivity contribution in [3.63, 3.8) is 0 Å². The van der Waals surface area contributed by atoms with Gasteiger partial charge in [0.05, 0.1) is 30.2 Å². The summed E-state index contributed by atoms with van der Waals surface area (Å²) in [6.45, 7) is 1.11. The van der Waals surface area contributed by atoms with Gasteiger partial charge in [0.2, 0.25) is 5.95 Å². The number of aromatic nitrogens is 5. The lowest BCUT2D eigenvalue weighted by molar-refractivity contribution is 0.240. The number of hydrogen-bond donors (Lipinski definition) is 2. The van der Waals surface area contributed by atoms with Crippen molar-refractivity contribution in [3.05, 3.63) is 108 Å². The number of amides is 2. The van der Waals surface area contributed by atoms with Gasteiger partial charge in [-0.3, -0.25) is 14.6 Å². The van der Waals surface area contributed by atoms with Crippen molar-refractivity contribution < 1.29 is 4.79 Å². The van der Waals surface area contributed by atoms with Crippen molar-refractivity contribution in [3.8, 4) is 28.5 Å². The number of carbonyl (C=O) groups excluding carboxylic acids is 1. The van der Waals surface area contributed by atoms with Crippen LogP contribution in [0.5, 0.6) is 0 Å². The predicted octanol–water partition coefficient (Wildman–Crippen LogP) is 5.88. The zero-order chi connectivity index (χ0) is 32.2. The van der Waals surface area contributed by atoms with Crippen LogP contribution in [0.4, 0.5) is 16.6 Å². The molecule has 1 aliphatic carbocycles. The molecule has 11 nitrogen and oxygen atoms in total. The maximum atomic E-state index is 13.7. The first kappa shape index (κ1) is 29.8. The lowest BCUT2D eigenvalue weighted by Crippen LogP contribution is -2.49. The molecule has 2 aliphatic rings. The first-order chi connectivity index (χ1) is 23.0. The molecule has 4 heterocycles. The Balaban J connectivity index is 1.06. The average molecular weight is 623 g/mol. The Hall–Kier alpha value is -5.89. The van der Waals surface area contributed by atoms with Crippen molar-refractivity contribution >= 4 is 24.0 Å². The molecule has 234 valence electrons. The summed E-state index contributed by atoms with van der Waals surface area (Å²) in [6, 6.07) is 22.0. The van der Waals surface area contributed by atoms with E-state index in [-0.39, 0.29) is 18.1 Å². The second-order valence-corrected chi connectivity index (χ2v) is 11.9. The summed E-state index contributed by atoms with van der Waals surface area (Å²) in [5, 5.41) is 20.6. The number of aryl methyl sites for hydroxylation is 1. The minimum atomic E-state index is -0.175. The number of nitrogens with one attached hydrogen (secondary N) is 2. The number of aliphatic imine (C=N–C) groups is 1. The molecule has 2 aromatic carbocycles. The Bertz CT molecular complexity index is 1950. The van der Waals surface area contributed by atoms with Crippen molar-refractivity contribution in [2.45, 2.75) is 50.9 Å². The fourth-order valence-electron chi connectivity index (χ4n) is 6.25. The van der Waals surface area contributed by atoms with Crippen LogP contribution in [0.15, 0.2) is 90.4 Å². The van der Waals surface area contributed by atoms with E-state index in [0.717, 1.165) is 53.5 Å². The second-order valence-electron chi connectivity index (χ2n) is 11.9. The SMILES string of the molecule is Cn1cc(-c2ccc(N(C(=O)NCc3ccccc3)[C@H]3CC[C@H](Nc4ncc(C#N)c(-c5ccc6c(c5)C=NC6)n4)CC3)nc2)cn1. The molecule has 2 amide bonds. The Morgan fingerprint density at radius 1 is 0.979 bits per heavy atom. The summed E-state index contributed by atoms with van der Waals surface area (Å²) in [7, 11) is 1.88. The molecule has 7 rings (SSSR count). The van der Waals surface area contributed by atoms with Crippen LogP contribution < -0.4 is 15.5 Å². The first-order valence-corrected chi connectivity index (χ1v) is 15.8. The van der Waals surface area contributed by atoms with Crippen molar-refractivity contribution in [1.29, 1.82) is 5.26 Å². The Morgan fingerprint density at radius 2 is 1.81 bits per heavy atom. The second kappa shape index (κ2) is 13.2. The van der Waals surface area contributed by atoms with Crippen LogP contribution in [-0.2, 0) is 20.1 Å². The number of nitriles is 1. The zero-order valence-electron chi connectivity index (χ0n) is 26.0. The normalized spacial score (nSPS) is 16.7. The molecule has 0 bridgehead atoms. The van der Waals surface area contributed by atoms with E-state index in [4.69, 9.17) is 9.97 Å². The monoisotopic (exact) mass is 622 g/mol. The van der Waals surface area contributed by atoms with E-state index in [1.165, 1.54) is 5.56 Å². The maximum absolute atomic E-state index is 13.7. The molecule has 2 N–H and O–H groups in total. The average Bonchev–Trinajstić information content (AvgIpc) is 3.77. The molecule has 1 fully saturated rings. The minimum absolute atomic E-state index is 0.0360. The molecule has 0 spiro atoms. The molecule has 5 aromatic rings. The van der Waals surface area contributed by atoms with Gasteiger partial charge in [0.15, 0.2) is 0 Å². The molecule has 0 radical (unpaired) electrons. The zero-order valence-corrected chi connectivity index (χ0v) is 26.0. The molecule has 1 saturated carbocycles. The Kier molecular flexibility index (Phi) is 8.39. The van der Waals surface area contributed by atoms with E-state index in [1.807, 2.05) is 80.1 Å². The predicted molar refractivity (Wildman–Crippen MR) is 181 cm³/mol. The third-order valence-electron chi connectivity index (χ3n) is 8.75. The van der Waals surface area contributed by atoms with Crippen molar-refractivity contribution in [2.75, 3.05) is 10.2 Å². The molecular weight excluding hydrogens is 588 g/mol. The standard InChI is InChI=1S/C36H34N10O/c1-45-23-30(22-42-45)27-9-14-33(39-20-27)46(36(47)41-17-24-5-3-2-4-6-24)32-12-10-31(11-13-32)43-35-40-21-29(16-37)34(44-35)25-7-8-26-18-38-19-28(26)15-25/h2-9,14-15,19-23,31-32H,10-13,17-18H2,1H3,(H,41,47)(H,40,43,44)/t31-,32-.